The lowest BCUT2D eigenvalue weighted by molar-refractivity contribution is 0.0496. The van der Waals surface area contributed by atoms with E-state index in [0.717, 1.165) is 37.9 Å². The Hall–Kier alpha value is 0.540. The molecule has 23 heavy (non-hydrogen) atoms. The molecule has 0 aromatic rings. The van der Waals surface area contributed by atoms with Gasteiger partial charge in [0.05, 0.1) is 18.8 Å². The van der Waals surface area contributed by atoms with Gasteiger partial charge < -0.3 is 19.7 Å². The molecule has 138 valence electrons. The van der Waals surface area contributed by atoms with Crippen LogP contribution in [0.2, 0.25) is 0 Å². The second-order valence-corrected chi connectivity index (χ2v) is 7.94. The molecule has 0 aromatic carbocycles. The quantitative estimate of drug-likeness (QED) is 0.345. The Morgan fingerprint density at radius 3 is 2.09 bits per heavy atom. The number of thiol groups is 1. The molecule has 2 atom stereocenters. The van der Waals surface area contributed by atoms with E-state index < -0.39 is 12.2 Å². The average molecular weight is 367 g/mol. The van der Waals surface area contributed by atoms with Crippen LogP contribution in [0.3, 0.4) is 0 Å². The lowest BCUT2D eigenvalue weighted by atomic mass is 9.83. The zero-order chi connectivity index (χ0) is 16.9. The number of aliphatic hydroxyl groups is 2. The van der Waals surface area contributed by atoms with Crippen LogP contribution in [0.4, 0.5) is 0 Å². The normalized spacial score (nSPS) is 24.5. The lowest BCUT2D eigenvalue weighted by Crippen LogP contribution is -2.29. The summed E-state index contributed by atoms with van der Waals surface area (Å²) in [6.07, 6.45) is 4.71. The summed E-state index contributed by atoms with van der Waals surface area (Å²) in [4.78, 5) is 0. The van der Waals surface area contributed by atoms with Gasteiger partial charge in [0.25, 0.3) is 0 Å². The molecule has 1 aliphatic carbocycles. The van der Waals surface area contributed by atoms with Gasteiger partial charge in [-0.05, 0) is 43.9 Å². The first kappa shape index (κ1) is 21.6. The van der Waals surface area contributed by atoms with Crippen molar-refractivity contribution >= 4 is 24.4 Å². The first-order valence-electron chi connectivity index (χ1n) is 8.87. The van der Waals surface area contributed by atoms with Crippen LogP contribution < -0.4 is 0 Å². The average Bonchev–Trinajstić information content (AvgIpc) is 2.58. The molecule has 0 amide bonds. The molecule has 0 saturated heterocycles. The first-order valence-corrected chi connectivity index (χ1v) is 10.7. The Morgan fingerprint density at radius 1 is 1.00 bits per heavy atom. The third kappa shape index (κ3) is 10.2. The number of ether oxygens (including phenoxy) is 2. The highest BCUT2D eigenvalue weighted by molar-refractivity contribution is 7.99. The molecule has 4 nitrogen and oxygen atoms in total. The molecule has 1 rings (SSSR count). The van der Waals surface area contributed by atoms with E-state index in [1.54, 1.807) is 11.8 Å². The maximum Gasteiger partial charge on any atom is 0.0897 e. The molecule has 1 fully saturated rings. The van der Waals surface area contributed by atoms with Crippen molar-refractivity contribution in [1.82, 2.24) is 0 Å². The van der Waals surface area contributed by atoms with Crippen molar-refractivity contribution in [3.63, 3.8) is 0 Å². The zero-order valence-electron chi connectivity index (χ0n) is 14.4. The topological polar surface area (TPSA) is 58.9 Å². The minimum Gasteiger partial charge on any atom is -0.390 e. The number of thioether (sulfide) groups is 1. The summed E-state index contributed by atoms with van der Waals surface area (Å²) in [7, 11) is 0. The highest BCUT2D eigenvalue weighted by Crippen LogP contribution is 2.29. The Kier molecular flexibility index (Phi) is 12.9. The van der Waals surface area contributed by atoms with Gasteiger partial charge in [-0.25, -0.2) is 0 Å². The fraction of sp³-hybridized carbons (Fsp3) is 1.00. The van der Waals surface area contributed by atoms with Gasteiger partial charge in [0.2, 0.25) is 0 Å². The molecule has 0 aliphatic heterocycles. The van der Waals surface area contributed by atoms with Gasteiger partial charge in [0.1, 0.15) is 0 Å². The van der Waals surface area contributed by atoms with Gasteiger partial charge in [-0.3, -0.25) is 0 Å². The summed E-state index contributed by atoms with van der Waals surface area (Å²) < 4.78 is 11.4. The van der Waals surface area contributed by atoms with Crippen LogP contribution in [0.5, 0.6) is 0 Å². The third-order valence-electron chi connectivity index (χ3n) is 4.31. The molecule has 0 spiro atoms. The fourth-order valence-corrected chi connectivity index (χ4v) is 3.87. The lowest BCUT2D eigenvalue weighted by Gasteiger charge is -2.28. The predicted octanol–water partition coefficient (Wildman–Crippen LogP) is 2.62. The minimum atomic E-state index is -0.733. The van der Waals surface area contributed by atoms with Crippen LogP contribution in [-0.4, -0.2) is 66.1 Å². The van der Waals surface area contributed by atoms with Gasteiger partial charge in [0.15, 0.2) is 0 Å². The van der Waals surface area contributed by atoms with E-state index in [4.69, 9.17) is 9.47 Å². The number of aliphatic hydroxyl groups excluding tert-OH is 2. The summed E-state index contributed by atoms with van der Waals surface area (Å²) in [6.45, 7) is 5.54. The van der Waals surface area contributed by atoms with Crippen LogP contribution in [0.25, 0.3) is 0 Å². The molecule has 0 heterocycles. The molecule has 0 aromatic heterocycles. The Bertz CT molecular complexity index is 273. The van der Waals surface area contributed by atoms with E-state index in [1.165, 1.54) is 25.7 Å². The van der Waals surface area contributed by atoms with Gasteiger partial charge >= 0.3 is 0 Å². The van der Waals surface area contributed by atoms with Crippen molar-refractivity contribution < 1.29 is 19.7 Å². The maximum atomic E-state index is 9.61. The van der Waals surface area contributed by atoms with Crippen LogP contribution in [0, 0.1) is 11.8 Å². The molecule has 0 radical (unpaired) electrons. The molecular weight excluding hydrogens is 332 g/mol. The fourth-order valence-electron chi connectivity index (χ4n) is 2.76. The molecule has 2 unspecified atom stereocenters. The Balaban J connectivity index is 1.93. The molecule has 1 saturated carbocycles. The number of rotatable bonds is 13. The molecule has 6 heteroatoms. The summed E-state index contributed by atoms with van der Waals surface area (Å²) in [5.41, 5.74) is 0. The highest BCUT2D eigenvalue weighted by Gasteiger charge is 2.21. The number of hydrogen-bond donors (Lipinski definition) is 3. The SMILES string of the molecule is CCCOCC1CCC(COCCSCC(O)C(O)CS)CC1. The summed E-state index contributed by atoms with van der Waals surface area (Å²) in [5, 5.41) is 19.0. The monoisotopic (exact) mass is 366 g/mol. The van der Waals surface area contributed by atoms with Gasteiger partial charge in [0, 0.05) is 37.1 Å². The van der Waals surface area contributed by atoms with Crippen molar-refractivity contribution in [3.05, 3.63) is 0 Å². The standard InChI is InChI=1S/C17H34O4S2/c1-2-7-20-10-14-3-5-15(6-4-14)11-21-8-9-23-13-17(19)16(18)12-22/h14-19,22H,2-13H2,1H3. The highest BCUT2D eigenvalue weighted by atomic mass is 32.2. The Morgan fingerprint density at radius 2 is 1.57 bits per heavy atom. The van der Waals surface area contributed by atoms with Crippen LogP contribution in [0.15, 0.2) is 0 Å². The molecule has 1 aliphatic rings. The molecular formula is C17H34O4S2. The van der Waals surface area contributed by atoms with Crippen LogP contribution in [0.1, 0.15) is 39.0 Å². The van der Waals surface area contributed by atoms with E-state index in [-0.39, 0.29) is 0 Å². The van der Waals surface area contributed by atoms with Crippen molar-refractivity contribution in [3.8, 4) is 0 Å². The molecule has 2 N–H and O–H groups in total. The van der Waals surface area contributed by atoms with E-state index in [0.29, 0.717) is 24.0 Å². The van der Waals surface area contributed by atoms with Gasteiger partial charge in [-0.15, -0.1) is 0 Å². The smallest absolute Gasteiger partial charge is 0.0897 e. The van der Waals surface area contributed by atoms with E-state index in [1.807, 2.05) is 0 Å². The van der Waals surface area contributed by atoms with Crippen molar-refractivity contribution in [2.45, 2.75) is 51.2 Å². The summed E-state index contributed by atoms with van der Waals surface area (Å²) in [5.74, 6) is 3.13. The summed E-state index contributed by atoms with van der Waals surface area (Å²) >= 11 is 5.59. The predicted molar refractivity (Wildman–Crippen MR) is 101 cm³/mol. The Labute approximate surface area is 151 Å². The van der Waals surface area contributed by atoms with Crippen molar-refractivity contribution in [1.29, 1.82) is 0 Å². The van der Waals surface area contributed by atoms with E-state index >= 15 is 0 Å². The first-order chi connectivity index (χ1) is 11.2. The van der Waals surface area contributed by atoms with E-state index in [2.05, 4.69) is 19.6 Å². The van der Waals surface area contributed by atoms with Gasteiger partial charge in [-0.2, -0.15) is 24.4 Å². The number of hydrogen-bond acceptors (Lipinski definition) is 6. The largest absolute Gasteiger partial charge is 0.390 e. The van der Waals surface area contributed by atoms with Gasteiger partial charge in [-0.1, -0.05) is 6.92 Å². The van der Waals surface area contributed by atoms with Crippen LogP contribution in [-0.2, 0) is 9.47 Å². The van der Waals surface area contributed by atoms with Crippen molar-refractivity contribution in [2.75, 3.05) is 43.7 Å². The molecule has 0 bridgehead atoms. The third-order valence-corrected chi connectivity index (χ3v) is 5.72. The van der Waals surface area contributed by atoms with Crippen molar-refractivity contribution in [2.24, 2.45) is 11.8 Å². The maximum absolute atomic E-state index is 9.61. The minimum absolute atomic E-state index is 0.296. The second-order valence-electron chi connectivity index (χ2n) is 6.43. The summed E-state index contributed by atoms with van der Waals surface area (Å²) in [6, 6.07) is 0. The second kappa shape index (κ2) is 13.8. The van der Waals surface area contributed by atoms with Crippen LogP contribution >= 0.6 is 24.4 Å². The zero-order valence-corrected chi connectivity index (χ0v) is 16.1. The van der Waals surface area contributed by atoms with E-state index in [9.17, 15) is 10.2 Å².